The van der Waals surface area contributed by atoms with E-state index in [1.54, 1.807) is 24.5 Å². The molecule has 1 aliphatic rings. The summed E-state index contributed by atoms with van der Waals surface area (Å²) in [6, 6.07) is 11.3. The monoisotopic (exact) mass is 342 g/mol. The third kappa shape index (κ3) is 2.71. The van der Waals surface area contributed by atoms with Crippen LogP contribution in [0.1, 0.15) is 0 Å². The summed E-state index contributed by atoms with van der Waals surface area (Å²) in [4.78, 5) is 23.6. The van der Waals surface area contributed by atoms with Crippen LogP contribution in [0, 0.1) is 0 Å². The molecule has 0 spiro atoms. The molecule has 124 valence electrons. The summed E-state index contributed by atoms with van der Waals surface area (Å²) in [5, 5.41) is 1.02. The van der Waals surface area contributed by atoms with Crippen molar-refractivity contribution in [3.8, 4) is 5.75 Å². The van der Waals surface area contributed by atoms with Crippen LogP contribution >= 0.6 is 11.3 Å². The lowest BCUT2D eigenvalue weighted by Gasteiger charge is -2.35. The summed E-state index contributed by atoms with van der Waals surface area (Å²) >= 11 is 1.69. The van der Waals surface area contributed by atoms with Crippen molar-refractivity contribution < 1.29 is 4.74 Å². The number of nitrogens with one attached hydrogen (secondary N) is 1. The van der Waals surface area contributed by atoms with Crippen molar-refractivity contribution in [1.29, 1.82) is 0 Å². The molecule has 1 aromatic carbocycles. The molecule has 0 atom stereocenters. The average molecular weight is 342 g/mol. The molecule has 7 heteroatoms. The SMILES string of the molecule is COc1cccc2sc(N3CCN(c4cccc(=O)[nH]4)CC3)nc12. The molecule has 4 rings (SSSR count). The smallest absolute Gasteiger partial charge is 0.249 e. The number of fused-ring (bicyclic) bond motifs is 1. The molecule has 0 amide bonds. The van der Waals surface area contributed by atoms with Crippen LogP contribution in [0.4, 0.5) is 10.9 Å². The Kier molecular flexibility index (Phi) is 3.86. The van der Waals surface area contributed by atoms with Crippen LogP contribution in [0.2, 0.25) is 0 Å². The van der Waals surface area contributed by atoms with E-state index in [2.05, 4.69) is 20.9 Å². The minimum absolute atomic E-state index is 0.0619. The predicted octanol–water partition coefficient (Wildman–Crippen LogP) is 2.32. The molecule has 1 aliphatic heterocycles. The minimum Gasteiger partial charge on any atom is -0.494 e. The van der Waals surface area contributed by atoms with E-state index in [0.29, 0.717) is 0 Å². The fourth-order valence-corrected chi connectivity index (χ4v) is 4.01. The molecule has 6 nitrogen and oxygen atoms in total. The molecule has 24 heavy (non-hydrogen) atoms. The predicted molar refractivity (Wildman–Crippen MR) is 97.7 cm³/mol. The Hall–Kier alpha value is -2.54. The van der Waals surface area contributed by atoms with Gasteiger partial charge in [0.1, 0.15) is 17.1 Å². The van der Waals surface area contributed by atoms with Gasteiger partial charge in [0.2, 0.25) is 5.56 Å². The fourth-order valence-electron chi connectivity index (χ4n) is 2.97. The molecular formula is C17H18N4O2S. The van der Waals surface area contributed by atoms with E-state index >= 15 is 0 Å². The van der Waals surface area contributed by atoms with Crippen molar-refractivity contribution in [1.82, 2.24) is 9.97 Å². The Labute approximate surface area is 143 Å². The number of rotatable bonds is 3. The number of H-pyrrole nitrogens is 1. The zero-order chi connectivity index (χ0) is 16.5. The van der Waals surface area contributed by atoms with Gasteiger partial charge in [-0.25, -0.2) is 4.98 Å². The second-order valence-corrected chi connectivity index (χ2v) is 6.69. The maximum Gasteiger partial charge on any atom is 0.249 e. The van der Waals surface area contributed by atoms with Gasteiger partial charge >= 0.3 is 0 Å². The van der Waals surface area contributed by atoms with E-state index in [0.717, 1.165) is 53.1 Å². The Balaban J connectivity index is 1.52. The van der Waals surface area contributed by atoms with Gasteiger partial charge in [-0.3, -0.25) is 4.79 Å². The van der Waals surface area contributed by atoms with Crippen LogP contribution in [0.25, 0.3) is 10.2 Å². The molecule has 1 N–H and O–H groups in total. The summed E-state index contributed by atoms with van der Waals surface area (Å²) < 4.78 is 6.54. The van der Waals surface area contributed by atoms with Gasteiger partial charge in [0, 0.05) is 32.2 Å². The summed E-state index contributed by atoms with van der Waals surface area (Å²) in [7, 11) is 1.67. The zero-order valence-corrected chi connectivity index (χ0v) is 14.2. The number of hydrogen-bond donors (Lipinski definition) is 1. The van der Waals surface area contributed by atoms with E-state index in [1.807, 2.05) is 18.2 Å². The third-order valence-electron chi connectivity index (χ3n) is 4.23. The van der Waals surface area contributed by atoms with Crippen LogP contribution in [-0.2, 0) is 0 Å². The number of pyridine rings is 1. The lowest BCUT2D eigenvalue weighted by Crippen LogP contribution is -2.47. The molecule has 3 aromatic rings. The van der Waals surface area contributed by atoms with Crippen LogP contribution in [0.5, 0.6) is 5.75 Å². The quantitative estimate of drug-likeness (QED) is 0.791. The Morgan fingerprint density at radius 3 is 2.58 bits per heavy atom. The van der Waals surface area contributed by atoms with Crippen LogP contribution in [0.15, 0.2) is 41.2 Å². The molecular weight excluding hydrogens is 324 g/mol. The molecule has 3 heterocycles. The number of ether oxygens (including phenoxy) is 1. The van der Waals surface area contributed by atoms with Gasteiger partial charge in [-0.2, -0.15) is 0 Å². The van der Waals surface area contributed by atoms with Gasteiger partial charge in [-0.05, 0) is 18.2 Å². The first-order valence-corrected chi connectivity index (χ1v) is 8.69. The number of para-hydroxylation sites is 1. The van der Waals surface area contributed by atoms with E-state index < -0.39 is 0 Å². The lowest BCUT2D eigenvalue weighted by atomic mass is 10.3. The number of anilines is 2. The molecule has 0 aliphatic carbocycles. The van der Waals surface area contributed by atoms with E-state index in [1.165, 1.54) is 6.07 Å². The summed E-state index contributed by atoms with van der Waals surface area (Å²) in [6.07, 6.45) is 0. The Morgan fingerprint density at radius 2 is 1.83 bits per heavy atom. The molecule has 1 saturated heterocycles. The van der Waals surface area contributed by atoms with Crippen molar-refractivity contribution in [2.24, 2.45) is 0 Å². The normalized spacial score (nSPS) is 15.0. The van der Waals surface area contributed by atoms with E-state index in [9.17, 15) is 4.79 Å². The minimum atomic E-state index is -0.0619. The third-order valence-corrected chi connectivity index (χ3v) is 5.32. The van der Waals surface area contributed by atoms with Gasteiger partial charge in [-0.1, -0.05) is 23.5 Å². The highest BCUT2D eigenvalue weighted by Gasteiger charge is 2.21. The average Bonchev–Trinajstić information content (AvgIpc) is 3.06. The van der Waals surface area contributed by atoms with Crippen LogP contribution in [0.3, 0.4) is 0 Å². The maximum atomic E-state index is 11.5. The topological polar surface area (TPSA) is 61.5 Å². The molecule has 0 unspecified atom stereocenters. The summed E-state index contributed by atoms with van der Waals surface area (Å²) in [6.45, 7) is 3.46. The fraction of sp³-hybridized carbons (Fsp3) is 0.294. The highest BCUT2D eigenvalue weighted by molar-refractivity contribution is 7.22. The highest BCUT2D eigenvalue weighted by Crippen LogP contribution is 2.34. The van der Waals surface area contributed by atoms with Crippen LogP contribution < -0.4 is 20.1 Å². The number of methoxy groups -OCH3 is 1. The van der Waals surface area contributed by atoms with Gasteiger partial charge < -0.3 is 19.5 Å². The number of nitrogens with zero attached hydrogens (tertiary/aromatic N) is 3. The molecule has 0 bridgehead atoms. The Morgan fingerprint density at radius 1 is 1.08 bits per heavy atom. The van der Waals surface area contributed by atoms with Crippen molar-refractivity contribution in [3.63, 3.8) is 0 Å². The zero-order valence-electron chi connectivity index (χ0n) is 13.4. The second-order valence-electron chi connectivity index (χ2n) is 5.68. The van der Waals surface area contributed by atoms with Gasteiger partial charge in [0.25, 0.3) is 0 Å². The molecule has 2 aromatic heterocycles. The van der Waals surface area contributed by atoms with Crippen LogP contribution in [-0.4, -0.2) is 43.3 Å². The summed E-state index contributed by atoms with van der Waals surface area (Å²) in [5.41, 5.74) is 0.864. The molecule has 0 radical (unpaired) electrons. The number of aromatic nitrogens is 2. The molecule has 1 fully saturated rings. The van der Waals surface area contributed by atoms with Crippen molar-refractivity contribution in [2.75, 3.05) is 43.1 Å². The highest BCUT2D eigenvalue weighted by atomic mass is 32.1. The largest absolute Gasteiger partial charge is 0.494 e. The lowest BCUT2D eigenvalue weighted by molar-refractivity contribution is 0.419. The first kappa shape index (κ1) is 15.0. The number of hydrogen-bond acceptors (Lipinski definition) is 6. The van der Waals surface area contributed by atoms with Gasteiger partial charge in [0.05, 0.1) is 11.8 Å². The number of aromatic amines is 1. The summed E-state index contributed by atoms with van der Waals surface area (Å²) in [5.74, 6) is 1.70. The van der Waals surface area contributed by atoms with Gasteiger partial charge in [0.15, 0.2) is 5.13 Å². The first-order chi connectivity index (χ1) is 11.7. The number of piperazine rings is 1. The van der Waals surface area contributed by atoms with Crippen molar-refractivity contribution in [3.05, 3.63) is 46.8 Å². The van der Waals surface area contributed by atoms with E-state index in [-0.39, 0.29) is 5.56 Å². The molecule has 0 saturated carbocycles. The van der Waals surface area contributed by atoms with E-state index in [4.69, 9.17) is 9.72 Å². The first-order valence-electron chi connectivity index (χ1n) is 7.87. The van der Waals surface area contributed by atoms with Gasteiger partial charge in [-0.15, -0.1) is 0 Å². The number of benzene rings is 1. The standard InChI is InChI=1S/C17H18N4O2S/c1-23-12-4-2-5-13-16(12)19-17(24-13)21-10-8-20(9-11-21)14-6-3-7-15(22)18-14/h2-7H,8-11H2,1H3,(H,18,22). The van der Waals surface area contributed by atoms with Crippen molar-refractivity contribution >= 4 is 32.5 Å². The number of thiazole rings is 1. The maximum absolute atomic E-state index is 11.5. The second kappa shape index (κ2) is 6.16. The van der Waals surface area contributed by atoms with Crippen molar-refractivity contribution in [2.45, 2.75) is 0 Å². The Bertz CT molecular complexity index is 912.